The smallest absolute Gasteiger partial charge is 0.444 e. The van der Waals surface area contributed by atoms with Crippen molar-refractivity contribution in [2.24, 2.45) is 0 Å². The van der Waals surface area contributed by atoms with E-state index in [1.807, 2.05) is 0 Å². The van der Waals surface area contributed by atoms with E-state index in [1.165, 1.54) is 0 Å². The molecular weight excluding hydrogens is 263 g/mol. The molecular formula is C11H14F3N3O2. The lowest BCUT2D eigenvalue weighted by Gasteiger charge is -2.19. The van der Waals surface area contributed by atoms with Crippen molar-refractivity contribution in [2.45, 2.75) is 39.1 Å². The Bertz CT molecular complexity index is 438. The van der Waals surface area contributed by atoms with Gasteiger partial charge in [0.1, 0.15) is 5.60 Å². The molecule has 0 radical (unpaired) electrons. The van der Waals surface area contributed by atoms with Crippen molar-refractivity contribution in [2.75, 3.05) is 0 Å². The Morgan fingerprint density at radius 1 is 1.26 bits per heavy atom. The van der Waals surface area contributed by atoms with Crippen LogP contribution < -0.4 is 5.32 Å². The predicted octanol–water partition coefficient (Wildman–Crippen LogP) is 2.52. The van der Waals surface area contributed by atoms with Crippen molar-refractivity contribution in [1.29, 1.82) is 0 Å². The van der Waals surface area contributed by atoms with Crippen LogP contribution in [0.3, 0.4) is 0 Å². The number of hydrogen-bond acceptors (Lipinski definition) is 4. The molecule has 1 amide bonds. The second-order valence-electron chi connectivity index (χ2n) is 4.77. The summed E-state index contributed by atoms with van der Waals surface area (Å²) in [5, 5.41) is 2.39. The molecule has 0 aliphatic rings. The van der Waals surface area contributed by atoms with E-state index in [1.54, 1.807) is 20.8 Å². The molecule has 1 rings (SSSR count). The summed E-state index contributed by atoms with van der Waals surface area (Å²) in [5.41, 5.74) is -0.292. The van der Waals surface area contributed by atoms with E-state index < -0.39 is 23.7 Å². The molecule has 0 saturated carbocycles. The minimum Gasteiger partial charge on any atom is -0.444 e. The molecule has 0 atom stereocenters. The van der Waals surface area contributed by atoms with E-state index in [-0.39, 0.29) is 6.54 Å². The first-order chi connectivity index (χ1) is 8.58. The molecule has 0 fully saturated rings. The molecule has 0 aliphatic carbocycles. The summed E-state index contributed by atoms with van der Waals surface area (Å²) in [6, 6.07) is 0. The quantitative estimate of drug-likeness (QED) is 0.902. The number of alkyl carbamates (subject to hydrolysis) is 1. The topological polar surface area (TPSA) is 64.1 Å². The molecule has 1 heterocycles. The zero-order valence-electron chi connectivity index (χ0n) is 10.7. The first kappa shape index (κ1) is 15.2. The molecule has 1 aromatic heterocycles. The molecule has 0 aliphatic heterocycles. The van der Waals surface area contributed by atoms with Crippen LogP contribution in [0.4, 0.5) is 18.0 Å². The van der Waals surface area contributed by atoms with Crippen LogP contribution in [0.1, 0.15) is 32.2 Å². The summed E-state index contributed by atoms with van der Waals surface area (Å²) >= 11 is 0. The van der Waals surface area contributed by atoms with Gasteiger partial charge in [0.15, 0.2) is 0 Å². The Labute approximate surface area is 108 Å². The lowest BCUT2D eigenvalue weighted by molar-refractivity contribution is -0.145. The van der Waals surface area contributed by atoms with E-state index in [0.29, 0.717) is 5.56 Å². The van der Waals surface area contributed by atoms with Gasteiger partial charge in [-0.3, -0.25) is 0 Å². The van der Waals surface area contributed by atoms with Gasteiger partial charge in [0.25, 0.3) is 0 Å². The third kappa shape index (κ3) is 5.54. The van der Waals surface area contributed by atoms with Crippen molar-refractivity contribution in [3.63, 3.8) is 0 Å². The molecule has 106 valence electrons. The lowest BCUT2D eigenvalue weighted by atomic mass is 10.2. The second-order valence-corrected chi connectivity index (χ2v) is 4.77. The van der Waals surface area contributed by atoms with Gasteiger partial charge in [0, 0.05) is 24.5 Å². The molecule has 0 bridgehead atoms. The van der Waals surface area contributed by atoms with Crippen molar-refractivity contribution < 1.29 is 22.7 Å². The molecule has 5 nitrogen and oxygen atoms in total. The van der Waals surface area contributed by atoms with Crippen LogP contribution in [-0.2, 0) is 17.5 Å². The van der Waals surface area contributed by atoms with E-state index in [2.05, 4.69) is 15.3 Å². The molecule has 1 N–H and O–H groups in total. The van der Waals surface area contributed by atoms with E-state index in [9.17, 15) is 18.0 Å². The number of carbonyl (C=O) groups excluding carboxylic acids is 1. The zero-order valence-corrected chi connectivity index (χ0v) is 10.7. The molecule has 8 heteroatoms. The third-order valence-electron chi connectivity index (χ3n) is 1.79. The van der Waals surface area contributed by atoms with E-state index in [4.69, 9.17) is 4.74 Å². The van der Waals surface area contributed by atoms with Crippen LogP contribution in [-0.4, -0.2) is 21.7 Å². The van der Waals surface area contributed by atoms with Crippen LogP contribution in [0.15, 0.2) is 12.4 Å². The van der Waals surface area contributed by atoms with Gasteiger partial charge < -0.3 is 10.1 Å². The fourth-order valence-corrected chi connectivity index (χ4v) is 1.08. The van der Waals surface area contributed by atoms with Crippen molar-refractivity contribution in [1.82, 2.24) is 15.3 Å². The highest BCUT2D eigenvalue weighted by Gasteiger charge is 2.34. The SMILES string of the molecule is CC(C)(C)OC(=O)NCc1cnc(C(F)(F)F)nc1. The number of aromatic nitrogens is 2. The van der Waals surface area contributed by atoms with Gasteiger partial charge in [-0.05, 0) is 20.8 Å². The molecule has 0 unspecified atom stereocenters. The molecule has 0 spiro atoms. The summed E-state index contributed by atoms with van der Waals surface area (Å²) in [5.74, 6) is -1.21. The van der Waals surface area contributed by atoms with Crippen LogP contribution in [0.5, 0.6) is 0 Å². The maximum atomic E-state index is 12.2. The number of nitrogens with zero attached hydrogens (tertiary/aromatic N) is 2. The fraction of sp³-hybridized carbons (Fsp3) is 0.545. The highest BCUT2D eigenvalue weighted by molar-refractivity contribution is 5.67. The summed E-state index contributed by atoms with van der Waals surface area (Å²) in [6.45, 7) is 5.10. The Hall–Kier alpha value is -1.86. The third-order valence-corrected chi connectivity index (χ3v) is 1.79. The Morgan fingerprint density at radius 2 is 1.79 bits per heavy atom. The number of alkyl halides is 3. The van der Waals surface area contributed by atoms with Crippen LogP contribution >= 0.6 is 0 Å². The number of nitrogens with one attached hydrogen (secondary N) is 1. The maximum absolute atomic E-state index is 12.2. The molecule has 1 aromatic rings. The van der Waals surface area contributed by atoms with Crippen LogP contribution in [0.25, 0.3) is 0 Å². The summed E-state index contributed by atoms with van der Waals surface area (Å²) < 4.78 is 41.6. The standard InChI is InChI=1S/C11H14F3N3O2/c1-10(2,3)19-9(18)17-6-7-4-15-8(16-5-7)11(12,13)14/h4-5H,6H2,1-3H3,(H,17,18). The first-order valence-corrected chi connectivity index (χ1v) is 5.43. The van der Waals surface area contributed by atoms with Gasteiger partial charge in [0.05, 0.1) is 0 Å². The largest absolute Gasteiger partial charge is 0.451 e. The number of carbonyl (C=O) groups is 1. The normalized spacial score (nSPS) is 12.1. The number of rotatable bonds is 2. The zero-order chi connectivity index (χ0) is 14.7. The number of hydrogen-bond donors (Lipinski definition) is 1. The fourth-order valence-electron chi connectivity index (χ4n) is 1.08. The van der Waals surface area contributed by atoms with Crippen LogP contribution in [0, 0.1) is 0 Å². The Morgan fingerprint density at radius 3 is 2.21 bits per heavy atom. The maximum Gasteiger partial charge on any atom is 0.451 e. The van der Waals surface area contributed by atoms with Crippen molar-refractivity contribution in [3.8, 4) is 0 Å². The molecule has 0 aromatic carbocycles. The second kappa shape index (κ2) is 5.41. The van der Waals surface area contributed by atoms with Gasteiger partial charge in [-0.25, -0.2) is 14.8 Å². The minimum absolute atomic E-state index is 0.00689. The van der Waals surface area contributed by atoms with Gasteiger partial charge in [0.2, 0.25) is 5.82 Å². The van der Waals surface area contributed by atoms with Crippen molar-refractivity contribution >= 4 is 6.09 Å². The van der Waals surface area contributed by atoms with Gasteiger partial charge in [-0.1, -0.05) is 0 Å². The Kier molecular flexibility index (Phi) is 4.33. The van der Waals surface area contributed by atoms with Gasteiger partial charge in [-0.2, -0.15) is 13.2 Å². The summed E-state index contributed by atoms with van der Waals surface area (Å²) in [4.78, 5) is 17.7. The predicted molar refractivity (Wildman–Crippen MR) is 60.1 cm³/mol. The highest BCUT2D eigenvalue weighted by Crippen LogP contribution is 2.25. The number of halogens is 3. The van der Waals surface area contributed by atoms with Gasteiger partial charge in [-0.15, -0.1) is 0 Å². The van der Waals surface area contributed by atoms with Gasteiger partial charge >= 0.3 is 12.3 Å². The van der Waals surface area contributed by atoms with Crippen LogP contribution in [0.2, 0.25) is 0 Å². The first-order valence-electron chi connectivity index (χ1n) is 5.43. The monoisotopic (exact) mass is 277 g/mol. The molecule has 0 saturated heterocycles. The van der Waals surface area contributed by atoms with E-state index in [0.717, 1.165) is 12.4 Å². The number of amides is 1. The molecule has 19 heavy (non-hydrogen) atoms. The average Bonchev–Trinajstić information content (AvgIpc) is 2.23. The van der Waals surface area contributed by atoms with Crippen molar-refractivity contribution in [3.05, 3.63) is 23.8 Å². The summed E-state index contributed by atoms with van der Waals surface area (Å²) in [6.07, 6.45) is -3.22. The highest BCUT2D eigenvalue weighted by atomic mass is 19.4. The average molecular weight is 277 g/mol. The lowest BCUT2D eigenvalue weighted by Crippen LogP contribution is -2.32. The van der Waals surface area contributed by atoms with E-state index >= 15 is 0 Å². The minimum atomic E-state index is -4.57. The summed E-state index contributed by atoms with van der Waals surface area (Å²) in [7, 11) is 0. The number of ether oxygens (including phenoxy) is 1. The Balaban J connectivity index is 2.53.